The average Bonchev–Trinajstić information content (AvgIpc) is 3.16. The first-order valence-corrected chi connectivity index (χ1v) is 8.99. The highest BCUT2D eigenvalue weighted by Crippen LogP contribution is 2.37. The van der Waals surface area contributed by atoms with Gasteiger partial charge < -0.3 is 11.1 Å². The predicted octanol–water partition coefficient (Wildman–Crippen LogP) is 2.54. The number of rotatable bonds is 5. The Morgan fingerprint density at radius 2 is 1.74 bits per heavy atom. The van der Waals surface area contributed by atoms with E-state index in [4.69, 9.17) is 5.73 Å². The van der Waals surface area contributed by atoms with Crippen molar-refractivity contribution in [2.45, 2.75) is 13.0 Å². The molecule has 156 valence electrons. The molecule has 1 aromatic heterocycles. The molecule has 1 atom stereocenters. The zero-order valence-corrected chi connectivity index (χ0v) is 16.1. The van der Waals surface area contributed by atoms with Gasteiger partial charge in [-0.1, -0.05) is 24.3 Å². The molecule has 1 amide bonds. The fourth-order valence-corrected chi connectivity index (χ4v) is 3.47. The van der Waals surface area contributed by atoms with Crippen LogP contribution in [-0.4, -0.2) is 30.5 Å². The number of hydrogen-bond donors (Lipinski definition) is 2. The van der Waals surface area contributed by atoms with E-state index in [1.54, 1.807) is 19.1 Å². The van der Waals surface area contributed by atoms with E-state index in [2.05, 4.69) is 15.4 Å². The highest BCUT2D eigenvalue weighted by atomic mass is 16.6. The van der Waals surface area contributed by atoms with Crippen molar-refractivity contribution in [3.8, 4) is 11.4 Å². The van der Waals surface area contributed by atoms with Gasteiger partial charge in [0.25, 0.3) is 11.4 Å². The lowest BCUT2D eigenvalue weighted by molar-refractivity contribution is -0.385. The molecule has 12 nitrogen and oxygen atoms in total. The van der Waals surface area contributed by atoms with Gasteiger partial charge in [0.1, 0.15) is 6.04 Å². The number of amides is 1. The first-order valence-electron chi connectivity index (χ1n) is 8.99. The maximum absolute atomic E-state index is 12.2. The Morgan fingerprint density at radius 3 is 2.39 bits per heavy atom. The Kier molecular flexibility index (Phi) is 4.66. The molecule has 4 rings (SSSR count). The SMILES string of the molecule is CC1=C(C(N)=O)C(c2cccc([N+](=O)[O-])c2)n2nc(-c3cccc([N+](=O)[O-])c3)nc2N1. The molecule has 3 N–H and O–H groups in total. The van der Waals surface area contributed by atoms with E-state index in [-0.39, 0.29) is 28.7 Å². The van der Waals surface area contributed by atoms with Crippen LogP contribution in [-0.2, 0) is 4.79 Å². The number of nitro benzene ring substituents is 2. The van der Waals surface area contributed by atoms with Crippen LogP contribution in [0.25, 0.3) is 11.4 Å². The molecule has 12 heteroatoms. The van der Waals surface area contributed by atoms with Crippen molar-refractivity contribution in [3.63, 3.8) is 0 Å². The summed E-state index contributed by atoms with van der Waals surface area (Å²) in [6, 6.07) is 10.7. The van der Waals surface area contributed by atoms with Gasteiger partial charge in [0, 0.05) is 35.5 Å². The molecule has 2 aromatic carbocycles. The van der Waals surface area contributed by atoms with Crippen LogP contribution in [0.5, 0.6) is 0 Å². The molecule has 0 saturated heterocycles. The fraction of sp³-hybridized carbons (Fsp3) is 0.105. The van der Waals surface area contributed by atoms with E-state index in [0.717, 1.165) is 0 Å². The van der Waals surface area contributed by atoms with Crippen LogP contribution >= 0.6 is 0 Å². The van der Waals surface area contributed by atoms with Crippen molar-refractivity contribution in [2.75, 3.05) is 5.32 Å². The smallest absolute Gasteiger partial charge is 0.270 e. The number of carbonyl (C=O) groups is 1. The summed E-state index contributed by atoms with van der Waals surface area (Å²) >= 11 is 0. The second kappa shape index (κ2) is 7.33. The fourth-order valence-electron chi connectivity index (χ4n) is 3.47. The van der Waals surface area contributed by atoms with Gasteiger partial charge in [0.15, 0.2) is 5.82 Å². The van der Waals surface area contributed by atoms with Gasteiger partial charge >= 0.3 is 0 Å². The first-order chi connectivity index (χ1) is 14.8. The normalized spacial score (nSPS) is 15.2. The van der Waals surface area contributed by atoms with Gasteiger partial charge in [-0.05, 0) is 12.5 Å². The Balaban J connectivity index is 1.88. The number of nitrogens with zero attached hydrogens (tertiary/aromatic N) is 5. The van der Waals surface area contributed by atoms with Crippen molar-refractivity contribution in [2.24, 2.45) is 5.73 Å². The van der Waals surface area contributed by atoms with Gasteiger partial charge in [0.2, 0.25) is 11.9 Å². The number of allylic oxidation sites excluding steroid dienone is 1. The topological polar surface area (TPSA) is 172 Å². The minimum atomic E-state index is -0.867. The number of nitro groups is 2. The van der Waals surface area contributed by atoms with Crippen molar-refractivity contribution in [1.29, 1.82) is 0 Å². The van der Waals surface area contributed by atoms with E-state index in [9.17, 15) is 25.0 Å². The van der Waals surface area contributed by atoms with Crippen molar-refractivity contribution in [1.82, 2.24) is 14.8 Å². The molecule has 1 aliphatic rings. The van der Waals surface area contributed by atoms with Crippen LogP contribution in [0.3, 0.4) is 0 Å². The molecule has 0 fully saturated rings. The van der Waals surface area contributed by atoms with E-state index < -0.39 is 21.8 Å². The minimum absolute atomic E-state index is 0.124. The van der Waals surface area contributed by atoms with Crippen molar-refractivity contribution < 1.29 is 14.6 Å². The second-order valence-corrected chi connectivity index (χ2v) is 6.79. The van der Waals surface area contributed by atoms with E-state index in [1.165, 1.54) is 41.1 Å². The summed E-state index contributed by atoms with van der Waals surface area (Å²) in [5.74, 6) is -0.278. The van der Waals surface area contributed by atoms with Crippen LogP contribution in [0.4, 0.5) is 17.3 Å². The number of carbonyl (C=O) groups excluding carboxylic acids is 1. The number of primary amides is 1. The number of nitrogens with one attached hydrogen (secondary N) is 1. The van der Waals surface area contributed by atoms with Gasteiger partial charge in [0.05, 0.1) is 15.4 Å². The summed E-state index contributed by atoms with van der Waals surface area (Å²) < 4.78 is 1.39. The Morgan fingerprint density at radius 1 is 1.10 bits per heavy atom. The highest BCUT2D eigenvalue weighted by Gasteiger charge is 2.34. The molecule has 0 saturated carbocycles. The zero-order chi connectivity index (χ0) is 22.3. The molecule has 0 aliphatic carbocycles. The van der Waals surface area contributed by atoms with Gasteiger partial charge in [-0.3, -0.25) is 25.0 Å². The summed E-state index contributed by atoms with van der Waals surface area (Å²) in [6.07, 6.45) is 0. The third-order valence-corrected chi connectivity index (χ3v) is 4.83. The summed E-state index contributed by atoms with van der Waals surface area (Å²) in [7, 11) is 0. The molecule has 31 heavy (non-hydrogen) atoms. The van der Waals surface area contributed by atoms with Gasteiger partial charge in [-0.15, -0.1) is 5.10 Å². The Labute approximate surface area is 174 Å². The summed E-state index contributed by atoms with van der Waals surface area (Å²) in [6.45, 7) is 1.63. The average molecular weight is 421 g/mol. The van der Waals surface area contributed by atoms with Gasteiger partial charge in [-0.25, -0.2) is 4.68 Å². The monoisotopic (exact) mass is 421 g/mol. The second-order valence-electron chi connectivity index (χ2n) is 6.79. The molecule has 1 aliphatic heterocycles. The molecular formula is C19H15N7O5. The first kappa shape index (κ1) is 19.7. The minimum Gasteiger partial charge on any atom is -0.366 e. The van der Waals surface area contributed by atoms with Gasteiger partial charge in [-0.2, -0.15) is 4.98 Å². The highest BCUT2D eigenvalue weighted by molar-refractivity contribution is 5.95. The molecular weight excluding hydrogens is 406 g/mol. The molecule has 2 heterocycles. The third kappa shape index (κ3) is 3.46. The lowest BCUT2D eigenvalue weighted by Gasteiger charge is -2.27. The van der Waals surface area contributed by atoms with Crippen LogP contribution in [0.1, 0.15) is 18.5 Å². The van der Waals surface area contributed by atoms with Crippen molar-refractivity contribution in [3.05, 3.63) is 85.6 Å². The molecule has 0 bridgehead atoms. The van der Waals surface area contributed by atoms with Crippen LogP contribution in [0, 0.1) is 20.2 Å². The number of nitrogens with two attached hydrogens (primary N) is 1. The Hall–Kier alpha value is -4.61. The van der Waals surface area contributed by atoms with Crippen LogP contribution in [0.15, 0.2) is 59.8 Å². The quantitative estimate of drug-likeness (QED) is 0.467. The van der Waals surface area contributed by atoms with E-state index in [1.807, 2.05) is 0 Å². The molecule has 3 aromatic rings. The number of benzene rings is 2. The number of anilines is 1. The summed E-state index contributed by atoms with van der Waals surface area (Å²) in [4.78, 5) is 37.9. The molecule has 0 spiro atoms. The standard InChI is InChI=1S/C19H15N7O5/c1-10-15(17(20)27)16(11-4-2-6-13(8-11)25(28)29)24-19(21-10)22-18(23-24)12-5-3-7-14(9-12)26(30)31/h2-9,16H,1H3,(H2,20,27)(H,21,22,23). The largest absolute Gasteiger partial charge is 0.366 e. The summed E-state index contributed by atoms with van der Waals surface area (Å²) in [5.41, 5.74) is 6.74. The Bertz CT molecular complexity index is 1280. The number of non-ortho nitro benzene ring substituents is 2. The third-order valence-electron chi connectivity index (χ3n) is 4.83. The van der Waals surface area contributed by atoms with Crippen molar-refractivity contribution >= 4 is 23.2 Å². The maximum Gasteiger partial charge on any atom is 0.270 e. The lowest BCUT2D eigenvalue weighted by Crippen LogP contribution is -2.31. The maximum atomic E-state index is 12.2. The lowest BCUT2D eigenvalue weighted by atomic mass is 9.95. The number of hydrogen-bond acceptors (Lipinski definition) is 8. The number of fused-ring (bicyclic) bond motifs is 1. The van der Waals surface area contributed by atoms with Crippen LogP contribution in [0.2, 0.25) is 0 Å². The van der Waals surface area contributed by atoms with Crippen LogP contribution < -0.4 is 11.1 Å². The van der Waals surface area contributed by atoms with E-state index >= 15 is 0 Å². The predicted molar refractivity (Wildman–Crippen MR) is 109 cm³/mol. The summed E-state index contributed by atoms with van der Waals surface area (Å²) in [5, 5.41) is 29.7. The molecule has 1 unspecified atom stereocenters. The zero-order valence-electron chi connectivity index (χ0n) is 16.1. The van der Waals surface area contributed by atoms with E-state index in [0.29, 0.717) is 16.8 Å². The molecule has 0 radical (unpaired) electrons. The number of aromatic nitrogens is 3.